The average Bonchev–Trinajstić information content (AvgIpc) is 2.70. The van der Waals surface area contributed by atoms with E-state index in [2.05, 4.69) is 15.9 Å². The van der Waals surface area contributed by atoms with E-state index in [0.717, 1.165) is 19.3 Å². The molecular formula is C12H14BrF2NO. The van der Waals surface area contributed by atoms with Gasteiger partial charge in [-0.25, -0.2) is 8.78 Å². The van der Waals surface area contributed by atoms with E-state index >= 15 is 0 Å². The molecule has 1 aromatic rings. The van der Waals surface area contributed by atoms with E-state index in [1.807, 2.05) is 0 Å². The molecule has 17 heavy (non-hydrogen) atoms. The van der Waals surface area contributed by atoms with Crippen molar-refractivity contribution in [1.29, 1.82) is 0 Å². The number of ether oxygens (including phenoxy) is 1. The highest BCUT2D eigenvalue weighted by Gasteiger charge is 2.23. The molecule has 94 valence electrons. The van der Waals surface area contributed by atoms with Gasteiger partial charge >= 0.3 is 0 Å². The van der Waals surface area contributed by atoms with Crippen LogP contribution in [-0.2, 0) is 11.3 Å². The van der Waals surface area contributed by atoms with E-state index in [9.17, 15) is 8.78 Å². The Labute approximate surface area is 107 Å². The highest BCUT2D eigenvalue weighted by Crippen LogP contribution is 2.25. The summed E-state index contributed by atoms with van der Waals surface area (Å²) < 4.78 is 32.8. The summed E-state index contributed by atoms with van der Waals surface area (Å²) in [6.45, 7) is -0.0471. The number of rotatable bonds is 3. The van der Waals surface area contributed by atoms with Crippen LogP contribution >= 0.6 is 15.9 Å². The zero-order valence-corrected chi connectivity index (χ0v) is 10.8. The minimum Gasteiger partial charge on any atom is -0.373 e. The molecule has 2 nitrogen and oxygen atoms in total. The lowest BCUT2D eigenvalue weighted by molar-refractivity contribution is 0.0415. The summed E-state index contributed by atoms with van der Waals surface area (Å²) in [5.74, 6) is -1.17. The van der Waals surface area contributed by atoms with Gasteiger partial charge in [-0.05, 0) is 47.3 Å². The molecule has 0 aliphatic heterocycles. The van der Waals surface area contributed by atoms with E-state index in [-0.39, 0.29) is 28.8 Å². The van der Waals surface area contributed by atoms with Crippen LogP contribution in [0.5, 0.6) is 0 Å². The van der Waals surface area contributed by atoms with Gasteiger partial charge in [0, 0.05) is 6.04 Å². The first-order valence-electron chi connectivity index (χ1n) is 5.57. The monoisotopic (exact) mass is 305 g/mol. The maximum absolute atomic E-state index is 13.6. The predicted molar refractivity (Wildman–Crippen MR) is 64.5 cm³/mol. The zero-order chi connectivity index (χ0) is 12.4. The van der Waals surface area contributed by atoms with Crippen LogP contribution in [0, 0.1) is 11.6 Å². The second kappa shape index (κ2) is 5.42. The molecule has 0 aromatic heterocycles. The average molecular weight is 306 g/mol. The van der Waals surface area contributed by atoms with Gasteiger partial charge in [0.25, 0.3) is 0 Å². The topological polar surface area (TPSA) is 35.2 Å². The number of hydrogen-bond acceptors (Lipinski definition) is 2. The van der Waals surface area contributed by atoms with Crippen LogP contribution in [0.3, 0.4) is 0 Å². The normalized spacial score (nSPS) is 24.2. The summed E-state index contributed by atoms with van der Waals surface area (Å²) in [4.78, 5) is 0. The van der Waals surface area contributed by atoms with Gasteiger partial charge in [0.2, 0.25) is 0 Å². The van der Waals surface area contributed by atoms with Crippen molar-refractivity contribution in [3.63, 3.8) is 0 Å². The van der Waals surface area contributed by atoms with Crippen LogP contribution in [0.25, 0.3) is 0 Å². The summed E-state index contributed by atoms with van der Waals surface area (Å²) in [5, 5.41) is 0. The second-order valence-electron chi connectivity index (χ2n) is 4.33. The summed E-state index contributed by atoms with van der Waals surface area (Å²) in [7, 11) is 0. The molecule has 2 N–H and O–H groups in total. The van der Waals surface area contributed by atoms with Crippen molar-refractivity contribution in [3.05, 3.63) is 33.8 Å². The Morgan fingerprint density at radius 2 is 2.12 bits per heavy atom. The van der Waals surface area contributed by atoms with Crippen LogP contribution in [0.15, 0.2) is 16.6 Å². The molecule has 0 amide bonds. The molecule has 1 aliphatic carbocycles. The van der Waals surface area contributed by atoms with Gasteiger partial charge in [0.15, 0.2) is 0 Å². The lowest BCUT2D eigenvalue weighted by Crippen LogP contribution is -2.17. The third-order valence-corrected chi connectivity index (χ3v) is 3.64. The predicted octanol–water partition coefficient (Wildman–Crippen LogP) is 3.12. The molecule has 0 bridgehead atoms. The second-order valence-corrected chi connectivity index (χ2v) is 5.18. The fourth-order valence-corrected chi connectivity index (χ4v) is 2.40. The Kier molecular flexibility index (Phi) is 4.12. The largest absolute Gasteiger partial charge is 0.373 e. The fraction of sp³-hybridized carbons (Fsp3) is 0.500. The third-order valence-electron chi connectivity index (χ3n) is 3.03. The van der Waals surface area contributed by atoms with Crippen molar-refractivity contribution in [2.45, 2.75) is 38.0 Å². The van der Waals surface area contributed by atoms with E-state index in [4.69, 9.17) is 10.5 Å². The summed E-state index contributed by atoms with van der Waals surface area (Å²) in [5.41, 5.74) is 5.71. The van der Waals surface area contributed by atoms with Crippen molar-refractivity contribution in [2.24, 2.45) is 5.73 Å². The molecule has 1 saturated carbocycles. The first-order chi connectivity index (χ1) is 8.08. The van der Waals surface area contributed by atoms with Crippen molar-refractivity contribution in [3.8, 4) is 0 Å². The fourth-order valence-electron chi connectivity index (χ4n) is 2.03. The van der Waals surface area contributed by atoms with Gasteiger partial charge in [0.1, 0.15) is 11.6 Å². The maximum atomic E-state index is 13.6. The highest BCUT2D eigenvalue weighted by atomic mass is 79.9. The molecular weight excluding hydrogens is 292 g/mol. The van der Waals surface area contributed by atoms with Crippen LogP contribution in [0.4, 0.5) is 8.78 Å². The van der Waals surface area contributed by atoms with E-state index < -0.39 is 11.6 Å². The maximum Gasteiger partial charge on any atom is 0.145 e. The lowest BCUT2D eigenvalue weighted by Gasteiger charge is -2.13. The van der Waals surface area contributed by atoms with Gasteiger partial charge < -0.3 is 10.5 Å². The van der Waals surface area contributed by atoms with Crippen molar-refractivity contribution >= 4 is 15.9 Å². The Morgan fingerprint density at radius 3 is 2.76 bits per heavy atom. The number of hydrogen-bond donors (Lipinski definition) is 1. The number of benzene rings is 1. The molecule has 0 saturated heterocycles. The number of nitrogens with two attached hydrogens (primary N) is 1. The third kappa shape index (κ3) is 3.03. The lowest BCUT2D eigenvalue weighted by atomic mass is 10.2. The SMILES string of the molecule is NC1CCC(OCc2c(F)ccc(Br)c2F)C1. The minimum absolute atomic E-state index is 0.0165. The Hall–Kier alpha value is -0.520. The molecule has 0 radical (unpaired) electrons. The van der Waals surface area contributed by atoms with Crippen molar-refractivity contribution < 1.29 is 13.5 Å². The first-order valence-corrected chi connectivity index (χ1v) is 6.36. The molecule has 0 heterocycles. The highest BCUT2D eigenvalue weighted by molar-refractivity contribution is 9.10. The van der Waals surface area contributed by atoms with Crippen LogP contribution in [0.2, 0.25) is 0 Å². The van der Waals surface area contributed by atoms with E-state index in [1.165, 1.54) is 12.1 Å². The Morgan fingerprint density at radius 1 is 1.35 bits per heavy atom. The van der Waals surface area contributed by atoms with Gasteiger partial charge in [-0.1, -0.05) is 0 Å². The molecule has 5 heteroatoms. The molecule has 1 fully saturated rings. The van der Waals surface area contributed by atoms with Crippen molar-refractivity contribution in [2.75, 3.05) is 0 Å². The summed E-state index contributed by atoms with van der Waals surface area (Å²) in [6, 6.07) is 2.73. The van der Waals surface area contributed by atoms with Gasteiger partial charge in [-0.2, -0.15) is 0 Å². The summed E-state index contributed by atoms with van der Waals surface area (Å²) >= 11 is 3.03. The minimum atomic E-state index is -0.590. The van der Waals surface area contributed by atoms with Gasteiger partial charge in [-0.15, -0.1) is 0 Å². The van der Waals surface area contributed by atoms with Crippen molar-refractivity contribution in [1.82, 2.24) is 0 Å². The van der Waals surface area contributed by atoms with Crippen LogP contribution < -0.4 is 5.73 Å². The van der Waals surface area contributed by atoms with E-state index in [1.54, 1.807) is 0 Å². The number of halogens is 3. The quantitative estimate of drug-likeness (QED) is 0.871. The first kappa shape index (κ1) is 12.9. The molecule has 2 atom stereocenters. The molecule has 2 unspecified atom stereocenters. The summed E-state index contributed by atoms with van der Waals surface area (Å²) in [6.07, 6.45) is 2.55. The van der Waals surface area contributed by atoms with E-state index in [0.29, 0.717) is 0 Å². The van der Waals surface area contributed by atoms with Gasteiger partial charge in [-0.3, -0.25) is 0 Å². The van der Waals surface area contributed by atoms with Crippen LogP contribution in [-0.4, -0.2) is 12.1 Å². The molecule has 0 spiro atoms. The van der Waals surface area contributed by atoms with Crippen LogP contribution in [0.1, 0.15) is 24.8 Å². The Bertz CT molecular complexity index is 414. The zero-order valence-electron chi connectivity index (χ0n) is 9.26. The smallest absolute Gasteiger partial charge is 0.145 e. The standard InChI is InChI=1S/C12H14BrF2NO/c13-10-3-4-11(14)9(12(10)15)6-17-8-2-1-7(16)5-8/h3-4,7-8H,1-2,5-6,16H2. The Balaban J connectivity index is 2.01. The van der Waals surface area contributed by atoms with Gasteiger partial charge in [0.05, 0.1) is 22.7 Å². The molecule has 1 aliphatic rings. The molecule has 1 aromatic carbocycles. The molecule has 2 rings (SSSR count).